The normalized spacial score (nSPS) is 19.3. The highest BCUT2D eigenvalue weighted by atomic mass is 35.5. The molecule has 0 saturated carbocycles. The number of hydrogen-bond donors (Lipinski definition) is 0. The van der Waals surface area contributed by atoms with Crippen molar-refractivity contribution in [1.82, 2.24) is 0 Å². The molecule has 0 fully saturated rings. The predicted octanol–water partition coefficient (Wildman–Crippen LogP) is 4.56. The van der Waals surface area contributed by atoms with Crippen molar-refractivity contribution in [3.8, 4) is 0 Å². The number of benzene rings is 2. The largest absolute Gasteiger partial charge is 0.285 e. The number of halogens is 2. The van der Waals surface area contributed by atoms with Crippen LogP contribution >= 0.6 is 11.6 Å². The SMILES string of the molecule is CC1N=CC2=C1c1ccc(Cl)cc1C(c1ccccc1F)=NC2. The molecule has 0 bridgehead atoms. The van der Waals surface area contributed by atoms with E-state index in [0.717, 1.165) is 22.3 Å². The Morgan fingerprint density at radius 3 is 2.74 bits per heavy atom. The zero-order valence-electron chi connectivity index (χ0n) is 12.6. The van der Waals surface area contributed by atoms with E-state index in [1.807, 2.05) is 30.5 Å². The number of hydrogen-bond acceptors (Lipinski definition) is 2. The molecule has 114 valence electrons. The van der Waals surface area contributed by atoms with Crippen molar-refractivity contribution in [3.05, 3.63) is 75.6 Å². The molecule has 4 heteroatoms. The van der Waals surface area contributed by atoms with E-state index in [-0.39, 0.29) is 11.9 Å². The number of aliphatic imine (C=N–C) groups is 2. The van der Waals surface area contributed by atoms with Crippen LogP contribution in [0.5, 0.6) is 0 Å². The van der Waals surface area contributed by atoms with E-state index in [1.165, 1.54) is 6.07 Å². The van der Waals surface area contributed by atoms with Crippen molar-refractivity contribution in [2.24, 2.45) is 9.98 Å². The molecule has 2 aromatic rings. The van der Waals surface area contributed by atoms with Gasteiger partial charge in [0.25, 0.3) is 0 Å². The summed E-state index contributed by atoms with van der Waals surface area (Å²) in [7, 11) is 0. The Bertz CT molecular complexity index is 896. The Balaban J connectivity index is 1.98. The fourth-order valence-electron chi connectivity index (χ4n) is 3.22. The highest BCUT2D eigenvalue weighted by Gasteiger charge is 2.27. The fraction of sp³-hybridized carbons (Fsp3) is 0.158. The summed E-state index contributed by atoms with van der Waals surface area (Å²) >= 11 is 6.21. The third-order valence-electron chi connectivity index (χ3n) is 4.28. The van der Waals surface area contributed by atoms with Gasteiger partial charge in [-0.15, -0.1) is 0 Å². The lowest BCUT2D eigenvalue weighted by Gasteiger charge is -2.15. The van der Waals surface area contributed by atoms with Gasteiger partial charge in [-0.05, 0) is 47.9 Å². The first-order valence-corrected chi connectivity index (χ1v) is 7.89. The van der Waals surface area contributed by atoms with Crippen LogP contribution in [-0.2, 0) is 0 Å². The first-order chi connectivity index (χ1) is 11.1. The molecule has 2 nitrogen and oxygen atoms in total. The molecule has 2 aliphatic rings. The van der Waals surface area contributed by atoms with Gasteiger partial charge in [0, 0.05) is 22.4 Å². The van der Waals surface area contributed by atoms with Crippen LogP contribution in [0.3, 0.4) is 0 Å². The van der Waals surface area contributed by atoms with Gasteiger partial charge in [0.2, 0.25) is 0 Å². The molecule has 2 aromatic carbocycles. The second-order valence-electron chi connectivity index (χ2n) is 5.73. The van der Waals surface area contributed by atoms with Crippen molar-refractivity contribution >= 4 is 29.1 Å². The highest BCUT2D eigenvalue weighted by Crippen LogP contribution is 2.35. The Morgan fingerprint density at radius 1 is 1.09 bits per heavy atom. The van der Waals surface area contributed by atoms with E-state index in [4.69, 9.17) is 11.6 Å². The molecule has 2 heterocycles. The third-order valence-corrected chi connectivity index (χ3v) is 4.52. The van der Waals surface area contributed by atoms with E-state index in [0.29, 0.717) is 22.8 Å². The quantitative estimate of drug-likeness (QED) is 0.735. The standard InChI is InChI=1S/C19H14ClFN2/c1-11-18-12(9-22-11)10-23-19(15-4-2-3-5-17(15)21)16-8-13(20)6-7-14(16)18/h2-9,11H,10H2,1H3. The molecule has 0 spiro atoms. The minimum Gasteiger partial charge on any atom is -0.285 e. The summed E-state index contributed by atoms with van der Waals surface area (Å²) in [5, 5.41) is 0.614. The smallest absolute Gasteiger partial charge is 0.132 e. The van der Waals surface area contributed by atoms with Gasteiger partial charge in [0.1, 0.15) is 5.82 Å². The number of fused-ring (bicyclic) bond motifs is 2. The topological polar surface area (TPSA) is 24.7 Å². The zero-order chi connectivity index (χ0) is 16.0. The number of rotatable bonds is 1. The second-order valence-corrected chi connectivity index (χ2v) is 6.16. The summed E-state index contributed by atoms with van der Waals surface area (Å²) < 4.78 is 14.3. The van der Waals surface area contributed by atoms with Crippen molar-refractivity contribution in [2.75, 3.05) is 6.54 Å². The van der Waals surface area contributed by atoms with Crippen LogP contribution in [0.2, 0.25) is 5.02 Å². The van der Waals surface area contributed by atoms with Gasteiger partial charge in [-0.25, -0.2) is 4.39 Å². The predicted molar refractivity (Wildman–Crippen MR) is 93.2 cm³/mol. The van der Waals surface area contributed by atoms with Crippen LogP contribution in [-0.4, -0.2) is 24.5 Å². The fourth-order valence-corrected chi connectivity index (χ4v) is 3.39. The van der Waals surface area contributed by atoms with E-state index >= 15 is 0 Å². The van der Waals surface area contributed by atoms with E-state index in [1.54, 1.807) is 12.1 Å². The lowest BCUT2D eigenvalue weighted by Crippen LogP contribution is -2.10. The monoisotopic (exact) mass is 324 g/mol. The average molecular weight is 325 g/mol. The maximum absolute atomic E-state index is 14.3. The second kappa shape index (κ2) is 5.43. The van der Waals surface area contributed by atoms with Gasteiger partial charge < -0.3 is 0 Å². The lowest BCUT2D eigenvalue weighted by molar-refractivity contribution is 0.625. The summed E-state index contributed by atoms with van der Waals surface area (Å²) in [6, 6.07) is 12.5. The molecule has 23 heavy (non-hydrogen) atoms. The van der Waals surface area contributed by atoms with E-state index < -0.39 is 0 Å². The van der Waals surface area contributed by atoms with Crippen LogP contribution in [0.15, 0.2) is 58.0 Å². The molecule has 2 aliphatic heterocycles. The van der Waals surface area contributed by atoms with Crippen LogP contribution < -0.4 is 0 Å². The molecule has 0 amide bonds. The molecule has 0 radical (unpaired) electrons. The van der Waals surface area contributed by atoms with Gasteiger partial charge in [-0.3, -0.25) is 9.98 Å². The molecule has 0 saturated heterocycles. The van der Waals surface area contributed by atoms with Gasteiger partial charge >= 0.3 is 0 Å². The molecule has 0 aromatic heterocycles. The lowest BCUT2D eigenvalue weighted by atomic mass is 9.90. The Morgan fingerprint density at radius 2 is 1.91 bits per heavy atom. The minimum atomic E-state index is -0.277. The van der Waals surface area contributed by atoms with Gasteiger partial charge in [-0.1, -0.05) is 29.8 Å². The summed E-state index contributed by atoms with van der Waals surface area (Å²) in [4.78, 5) is 9.17. The summed E-state index contributed by atoms with van der Waals surface area (Å²) in [6.45, 7) is 2.56. The Hall–Kier alpha value is -2.26. The van der Waals surface area contributed by atoms with E-state index in [2.05, 4.69) is 16.9 Å². The van der Waals surface area contributed by atoms with Crippen molar-refractivity contribution in [2.45, 2.75) is 13.0 Å². The zero-order valence-corrected chi connectivity index (χ0v) is 13.3. The molecule has 1 unspecified atom stereocenters. The average Bonchev–Trinajstić information content (AvgIpc) is 2.82. The van der Waals surface area contributed by atoms with Gasteiger partial charge in [0.05, 0.1) is 18.3 Å². The molecular formula is C19H14ClFN2. The first-order valence-electron chi connectivity index (χ1n) is 7.51. The molecule has 4 rings (SSSR count). The molecule has 0 N–H and O–H groups in total. The first kappa shape index (κ1) is 14.3. The summed E-state index contributed by atoms with van der Waals surface area (Å²) in [5.74, 6) is -0.277. The number of nitrogens with zero attached hydrogens (tertiary/aromatic N) is 2. The highest BCUT2D eigenvalue weighted by molar-refractivity contribution is 6.31. The minimum absolute atomic E-state index is 0.0834. The molecular weight excluding hydrogens is 311 g/mol. The van der Waals surface area contributed by atoms with E-state index in [9.17, 15) is 4.39 Å². The Kier molecular flexibility index (Phi) is 3.38. The maximum atomic E-state index is 14.3. The molecule has 0 aliphatic carbocycles. The van der Waals surface area contributed by atoms with Crippen LogP contribution in [0.1, 0.15) is 23.6 Å². The summed E-state index contributed by atoms with van der Waals surface area (Å²) in [6.07, 6.45) is 1.88. The van der Waals surface area contributed by atoms with Crippen molar-refractivity contribution in [1.29, 1.82) is 0 Å². The van der Waals surface area contributed by atoms with Crippen LogP contribution in [0.25, 0.3) is 5.57 Å². The third kappa shape index (κ3) is 2.32. The summed E-state index contributed by atoms with van der Waals surface area (Å²) in [5.41, 5.74) is 5.30. The van der Waals surface area contributed by atoms with Crippen LogP contribution in [0, 0.1) is 5.82 Å². The van der Waals surface area contributed by atoms with Crippen molar-refractivity contribution in [3.63, 3.8) is 0 Å². The van der Waals surface area contributed by atoms with Crippen LogP contribution in [0.4, 0.5) is 4.39 Å². The van der Waals surface area contributed by atoms with Gasteiger partial charge in [-0.2, -0.15) is 0 Å². The Labute approximate surface area is 139 Å². The molecule has 1 atom stereocenters. The van der Waals surface area contributed by atoms with Crippen molar-refractivity contribution < 1.29 is 4.39 Å². The van der Waals surface area contributed by atoms with Gasteiger partial charge in [0.15, 0.2) is 0 Å². The maximum Gasteiger partial charge on any atom is 0.132 e.